The molecule has 1 aliphatic carbocycles. The number of hydrogen-bond donors (Lipinski definition) is 2. The number of carbonyl (C=O) groups excluding carboxylic acids is 2. The molecule has 1 fully saturated rings. The molecular weight excluding hydrogens is 366 g/mol. The molecule has 8 heteroatoms. The van der Waals surface area contributed by atoms with Gasteiger partial charge in [0.25, 0.3) is 10.9 Å². The fraction of sp³-hybridized carbons (Fsp3) is 0.684. The van der Waals surface area contributed by atoms with E-state index in [0.29, 0.717) is 11.4 Å². The number of carbonyl (C=O) groups is 2. The van der Waals surface area contributed by atoms with Gasteiger partial charge in [-0.05, 0) is 44.8 Å². The van der Waals surface area contributed by atoms with Gasteiger partial charge in [0.2, 0.25) is 0 Å². The van der Waals surface area contributed by atoms with Crippen molar-refractivity contribution in [2.24, 2.45) is 23.5 Å². The highest BCUT2D eigenvalue weighted by molar-refractivity contribution is 7.80. The predicted octanol–water partition coefficient (Wildman–Crippen LogP) is 0.477. The Morgan fingerprint density at radius 2 is 1.93 bits per heavy atom. The summed E-state index contributed by atoms with van der Waals surface area (Å²) in [6.07, 6.45) is 5.25. The Bertz CT molecular complexity index is 668. The molecule has 1 heterocycles. The molecule has 0 radical (unpaired) electrons. The van der Waals surface area contributed by atoms with E-state index in [1.165, 1.54) is 13.5 Å². The molecule has 2 rings (SSSR count). The third-order valence-electron chi connectivity index (χ3n) is 5.50. The van der Waals surface area contributed by atoms with Crippen molar-refractivity contribution in [1.29, 1.82) is 0 Å². The maximum atomic E-state index is 13.0. The summed E-state index contributed by atoms with van der Waals surface area (Å²) in [4.78, 5) is 30.3. The van der Waals surface area contributed by atoms with E-state index in [2.05, 4.69) is 4.99 Å². The van der Waals surface area contributed by atoms with Crippen LogP contribution in [-0.2, 0) is 19.1 Å². The Balaban J connectivity index is 2.65. The number of nitrogens with zero attached hydrogens (tertiary/aromatic N) is 1. The fourth-order valence-electron chi connectivity index (χ4n) is 4.19. The van der Waals surface area contributed by atoms with Gasteiger partial charge in [0.15, 0.2) is 0 Å². The average Bonchev–Trinajstić information content (AvgIpc) is 2.66. The highest BCUT2D eigenvalue weighted by Crippen LogP contribution is 2.41. The summed E-state index contributed by atoms with van der Waals surface area (Å²) in [5.74, 6) is -0.997. The van der Waals surface area contributed by atoms with Crippen LogP contribution in [0.25, 0.3) is 0 Å². The van der Waals surface area contributed by atoms with Gasteiger partial charge in [0, 0.05) is 5.92 Å². The Kier molecular flexibility index (Phi) is 7.35. The first kappa shape index (κ1) is 21.3. The minimum atomic E-state index is -0.555. The van der Waals surface area contributed by atoms with Crippen LogP contribution in [0.15, 0.2) is 11.4 Å². The molecule has 0 aromatic carbocycles. The monoisotopic (exact) mass is 396 g/mol. The number of thiocarbonyl (C=S) groups is 1. The van der Waals surface area contributed by atoms with E-state index in [4.69, 9.17) is 27.4 Å². The van der Waals surface area contributed by atoms with Crippen molar-refractivity contribution in [3.05, 3.63) is 11.4 Å². The number of nitrogens with one attached hydrogen (secondary N) is 1. The lowest BCUT2D eigenvalue weighted by Gasteiger charge is -2.37. The molecule has 3 N–H and O–H groups in total. The van der Waals surface area contributed by atoms with E-state index < -0.39 is 11.9 Å². The van der Waals surface area contributed by atoms with Crippen molar-refractivity contribution < 1.29 is 24.1 Å². The van der Waals surface area contributed by atoms with Crippen molar-refractivity contribution in [2.75, 3.05) is 20.8 Å². The first-order valence-corrected chi connectivity index (χ1v) is 9.87. The van der Waals surface area contributed by atoms with Crippen molar-refractivity contribution >= 4 is 35.0 Å². The lowest BCUT2D eigenvalue weighted by atomic mass is 9.68. The third kappa shape index (κ3) is 4.48. The molecule has 0 aromatic heterocycles. The maximum absolute atomic E-state index is 13.0. The van der Waals surface area contributed by atoms with Crippen LogP contribution >= 0.6 is 12.2 Å². The molecule has 7 nitrogen and oxygen atoms in total. The lowest BCUT2D eigenvalue weighted by Crippen LogP contribution is -2.79. The smallest absolute Gasteiger partial charge is 0.342 e. The highest BCUT2D eigenvalue weighted by atomic mass is 32.1. The molecular formula is C19H30N3O4S+. The number of rotatable bonds is 5. The van der Waals surface area contributed by atoms with Crippen LogP contribution < -0.4 is 10.7 Å². The molecule has 2 atom stereocenters. The van der Waals surface area contributed by atoms with Crippen LogP contribution in [0.2, 0.25) is 0 Å². The number of hydrogen-bond acceptors (Lipinski definition) is 5. The van der Waals surface area contributed by atoms with E-state index in [9.17, 15) is 9.59 Å². The van der Waals surface area contributed by atoms with Crippen LogP contribution in [0, 0.1) is 17.8 Å². The highest BCUT2D eigenvalue weighted by Gasteiger charge is 2.49. The third-order valence-corrected chi connectivity index (χ3v) is 5.78. The Morgan fingerprint density at radius 1 is 1.30 bits per heavy atom. The second kappa shape index (κ2) is 9.30. The van der Waals surface area contributed by atoms with Gasteiger partial charge in [0.1, 0.15) is 11.5 Å². The van der Waals surface area contributed by atoms with Gasteiger partial charge in [0.05, 0.1) is 26.5 Å². The topological polar surface area (TPSA) is 95.8 Å². The Hall–Kier alpha value is -1.96. The van der Waals surface area contributed by atoms with Gasteiger partial charge in [-0.25, -0.2) is 14.7 Å². The Labute approximate surface area is 166 Å². The van der Waals surface area contributed by atoms with Crippen molar-refractivity contribution in [1.82, 2.24) is 4.90 Å². The molecule has 0 amide bonds. The Morgan fingerprint density at radius 3 is 2.44 bits per heavy atom. The molecule has 2 aliphatic rings. The fourth-order valence-corrected chi connectivity index (χ4v) is 4.28. The number of ether oxygens (including phenoxy) is 2. The SMILES string of the molecule is CCOC(=O)C1=C(N(C)C(N)=S)[NH+]=C(C)C(C(=O)OC)C1C1CCCCC1. The zero-order chi connectivity index (χ0) is 20.1. The summed E-state index contributed by atoms with van der Waals surface area (Å²) in [6.45, 7) is 3.85. The van der Waals surface area contributed by atoms with Gasteiger partial charge in [-0.15, -0.1) is 0 Å². The molecule has 2 unspecified atom stereocenters. The molecule has 1 aliphatic heterocycles. The van der Waals surface area contributed by atoms with Crippen molar-refractivity contribution in [3.8, 4) is 0 Å². The average molecular weight is 397 g/mol. The number of nitrogens with two attached hydrogens (primary N) is 1. The zero-order valence-electron chi connectivity index (χ0n) is 16.5. The van der Waals surface area contributed by atoms with Crippen LogP contribution in [-0.4, -0.2) is 48.4 Å². The number of methoxy groups -OCH3 is 1. The molecule has 150 valence electrons. The molecule has 0 spiro atoms. The van der Waals surface area contributed by atoms with E-state index in [1.54, 1.807) is 18.9 Å². The molecule has 27 heavy (non-hydrogen) atoms. The van der Waals surface area contributed by atoms with E-state index >= 15 is 0 Å². The molecule has 0 aromatic rings. The van der Waals surface area contributed by atoms with Crippen molar-refractivity contribution in [3.63, 3.8) is 0 Å². The van der Waals surface area contributed by atoms with Crippen LogP contribution in [0.5, 0.6) is 0 Å². The van der Waals surface area contributed by atoms with Gasteiger partial charge >= 0.3 is 11.9 Å². The quantitative estimate of drug-likeness (QED) is 0.515. The van der Waals surface area contributed by atoms with E-state index in [-0.39, 0.29) is 29.5 Å². The largest absolute Gasteiger partial charge is 0.468 e. The second-order valence-electron chi connectivity index (χ2n) is 7.11. The normalized spacial score (nSPS) is 23.5. The summed E-state index contributed by atoms with van der Waals surface area (Å²) in [7, 11) is 3.07. The molecule has 0 bridgehead atoms. The molecule has 1 saturated carbocycles. The predicted molar refractivity (Wildman–Crippen MR) is 105 cm³/mol. The summed E-state index contributed by atoms with van der Waals surface area (Å²) < 4.78 is 10.4. The van der Waals surface area contributed by atoms with Gasteiger partial charge < -0.3 is 15.2 Å². The second-order valence-corrected chi connectivity index (χ2v) is 7.53. The summed E-state index contributed by atoms with van der Waals surface area (Å²) in [5.41, 5.74) is 6.98. The van der Waals surface area contributed by atoms with Crippen molar-refractivity contribution in [2.45, 2.75) is 46.0 Å². The minimum absolute atomic E-state index is 0.131. The summed E-state index contributed by atoms with van der Waals surface area (Å²) in [6, 6.07) is 0. The first-order chi connectivity index (χ1) is 12.8. The minimum Gasteiger partial charge on any atom is -0.468 e. The van der Waals surface area contributed by atoms with Gasteiger partial charge in [-0.2, -0.15) is 0 Å². The maximum Gasteiger partial charge on any atom is 0.342 e. The summed E-state index contributed by atoms with van der Waals surface area (Å²) in [5, 5.41) is 0.131. The summed E-state index contributed by atoms with van der Waals surface area (Å²) >= 11 is 5.12. The van der Waals surface area contributed by atoms with Gasteiger partial charge in [-0.3, -0.25) is 4.79 Å². The van der Waals surface area contributed by atoms with Gasteiger partial charge in [-0.1, -0.05) is 19.3 Å². The molecule has 0 saturated heterocycles. The number of esters is 2. The zero-order valence-corrected chi connectivity index (χ0v) is 17.4. The first-order valence-electron chi connectivity index (χ1n) is 9.46. The van der Waals surface area contributed by atoms with Crippen LogP contribution in [0.4, 0.5) is 0 Å². The standard InChI is InChI=1S/C19H29N3O4S/c1-5-26-18(24)15-14(12-9-7-6-8-10-12)13(17(23)25-4)11(2)21-16(15)22(3)19(20)27/h12-14H,5-10H2,1-4H3,(H2,20,27)/p+1. The lowest BCUT2D eigenvalue weighted by molar-refractivity contribution is -0.424. The van der Waals surface area contributed by atoms with Crippen LogP contribution in [0.1, 0.15) is 46.0 Å². The van der Waals surface area contributed by atoms with E-state index in [1.807, 2.05) is 6.92 Å². The van der Waals surface area contributed by atoms with E-state index in [0.717, 1.165) is 31.4 Å². The van der Waals surface area contributed by atoms with Crippen LogP contribution in [0.3, 0.4) is 0 Å².